The van der Waals surface area contributed by atoms with Gasteiger partial charge in [0.05, 0.1) is 12.2 Å². The molecule has 1 unspecified atom stereocenters. The molecule has 3 N–H and O–H groups in total. The second kappa shape index (κ2) is 6.20. The van der Waals surface area contributed by atoms with E-state index in [-0.39, 0.29) is 11.9 Å². The maximum atomic E-state index is 7.46. The quantitative estimate of drug-likeness (QED) is 0.580. The van der Waals surface area contributed by atoms with Gasteiger partial charge in [0.1, 0.15) is 11.9 Å². The maximum absolute atomic E-state index is 7.46. The third-order valence-electron chi connectivity index (χ3n) is 2.16. The van der Waals surface area contributed by atoms with E-state index in [0.29, 0.717) is 24.7 Å². The Labute approximate surface area is 101 Å². The van der Waals surface area contributed by atoms with Crippen molar-refractivity contribution in [1.82, 2.24) is 4.98 Å². The number of nitrogens with two attached hydrogens (primary N) is 1. The van der Waals surface area contributed by atoms with Gasteiger partial charge in [-0.1, -0.05) is 0 Å². The Morgan fingerprint density at radius 2 is 2.24 bits per heavy atom. The lowest BCUT2D eigenvalue weighted by Gasteiger charge is -2.16. The van der Waals surface area contributed by atoms with E-state index in [0.717, 1.165) is 5.69 Å². The maximum Gasteiger partial charge on any atom is 0.225 e. The van der Waals surface area contributed by atoms with E-state index in [1.54, 1.807) is 12.1 Å². The lowest BCUT2D eigenvalue weighted by molar-refractivity contribution is 0.0632. The third-order valence-corrected chi connectivity index (χ3v) is 2.16. The molecule has 17 heavy (non-hydrogen) atoms. The molecule has 0 amide bonds. The van der Waals surface area contributed by atoms with E-state index >= 15 is 0 Å². The van der Waals surface area contributed by atoms with Crippen molar-refractivity contribution in [3.8, 4) is 5.88 Å². The number of pyridine rings is 1. The van der Waals surface area contributed by atoms with Crippen molar-refractivity contribution >= 4 is 5.84 Å². The van der Waals surface area contributed by atoms with Crippen LogP contribution in [0.5, 0.6) is 5.88 Å². The van der Waals surface area contributed by atoms with Crippen LogP contribution in [-0.4, -0.2) is 30.1 Å². The molecular formula is C12H19N3O2. The predicted molar refractivity (Wildman–Crippen MR) is 66.6 cm³/mol. The smallest absolute Gasteiger partial charge is 0.225 e. The van der Waals surface area contributed by atoms with E-state index in [2.05, 4.69) is 4.98 Å². The molecule has 1 atom stereocenters. The van der Waals surface area contributed by atoms with Crippen LogP contribution in [0.3, 0.4) is 0 Å². The highest BCUT2D eigenvalue weighted by Crippen LogP contribution is 2.17. The number of aromatic nitrogens is 1. The first-order valence-electron chi connectivity index (χ1n) is 5.61. The van der Waals surface area contributed by atoms with Crippen LogP contribution in [0.1, 0.15) is 25.1 Å². The second-order valence-corrected chi connectivity index (χ2v) is 3.81. The second-order valence-electron chi connectivity index (χ2n) is 3.81. The SMILES string of the molecule is CCOCC(C)Oc1nc(C)ccc1C(=N)N. The highest BCUT2D eigenvalue weighted by molar-refractivity contribution is 5.97. The Balaban J connectivity index is 2.81. The van der Waals surface area contributed by atoms with Gasteiger partial charge in [-0.25, -0.2) is 4.98 Å². The van der Waals surface area contributed by atoms with Gasteiger partial charge in [-0.2, -0.15) is 0 Å². The van der Waals surface area contributed by atoms with Gasteiger partial charge in [-0.15, -0.1) is 0 Å². The number of nitrogen functional groups attached to an aromatic ring is 1. The zero-order valence-corrected chi connectivity index (χ0v) is 10.5. The topological polar surface area (TPSA) is 81.2 Å². The molecule has 5 nitrogen and oxygen atoms in total. The third kappa shape index (κ3) is 4.03. The van der Waals surface area contributed by atoms with E-state index in [1.807, 2.05) is 20.8 Å². The van der Waals surface area contributed by atoms with Crippen molar-refractivity contribution in [1.29, 1.82) is 5.41 Å². The molecule has 0 bridgehead atoms. The lowest BCUT2D eigenvalue weighted by Crippen LogP contribution is -2.22. The number of nitrogens with one attached hydrogen (secondary N) is 1. The summed E-state index contributed by atoms with van der Waals surface area (Å²) in [5.74, 6) is 0.348. The zero-order chi connectivity index (χ0) is 12.8. The first kappa shape index (κ1) is 13.4. The Morgan fingerprint density at radius 1 is 1.53 bits per heavy atom. The first-order chi connectivity index (χ1) is 8.04. The van der Waals surface area contributed by atoms with Crippen LogP contribution in [0, 0.1) is 12.3 Å². The summed E-state index contributed by atoms with van der Waals surface area (Å²) in [6.07, 6.45) is -0.123. The molecule has 0 aromatic carbocycles. The first-order valence-corrected chi connectivity index (χ1v) is 5.61. The van der Waals surface area contributed by atoms with Gasteiger partial charge >= 0.3 is 0 Å². The standard InChI is InChI=1S/C12H19N3O2/c1-4-16-7-9(3)17-12-10(11(13)14)6-5-8(2)15-12/h5-6,9H,4,7H2,1-3H3,(H3,13,14). The molecule has 1 aromatic heterocycles. The van der Waals surface area contributed by atoms with Crippen molar-refractivity contribution < 1.29 is 9.47 Å². The van der Waals surface area contributed by atoms with Gasteiger partial charge in [-0.3, -0.25) is 5.41 Å². The minimum absolute atomic E-state index is 0.0453. The fraction of sp³-hybridized carbons (Fsp3) is 0.500. The molecule has 1 rings (SSSR count). The number of nitrogens with zero attached hydrogens (tertiary/aromatic N) is 1. The zero-order valence-electron chi connectivity index (χ0n) is 10.5. The van der Waals surface area contributed by atoms with Gasteiger partial charge in [0, 0.05) is 12.3 Å². The minimum Gasteiger partial charge on any atom is -0.472 e. The summed E-state index contributed by atoms with van der Waals surface area (Å²) >= 11 is 0. The molecule has 94 valence electrons. The van der Waals surface area contributed by atoms with E-state index in [9.17, 15) is 0 Å². The molecular weight excluding hydrogens is 218 g/mol. The fourth-order valence-corrected chi connectivity index (χ4v) is 1.34. The Kier molecular flexibility index (Phi) is 4.90. The van der Waals surface area contributed by atoms with Crippen LogP contribution in [0.2, 0.25) is 0 Å². The molecule has 0 radical (unpaired) electrons. The predicted octanol–water partition coefficient (Wildman–Crippen LogP) is 1.48. The normalized spacial score (nSPS) is 12.2. The monoisotopic (exact) mass is 237 g/mol. The molecule has 0 saturated heterocycles. The highest BCUT2D eigenvalue weighted by Gasteiger charge is 2.12. The van der Waals surface area contributed by atoms with Crippen LogP contribution in [0.15, 0.2) is 12.1 Å². The summed E-state index contributed by atoms with van der Waals surface area (Å²) in [7, 11) is 0. The number of hydrogen-bond donors (Lipinski definition) is 2. The van der Waals surface area contributed by atoms with Crippen molar-refractivity contribution in [3.63, 3.8) is 0 Å². The summed E-state index contributed by atoms with van der Waals surface area (Å²) in [6.45, 7) is 6.82. The van der Waals surface area contributed by atoms with Crippen molar-refractivity contribution in [2.75, 3.05) is 13.2 Å². The molecule has 0 aliphatic heterocycles. The van der Waals surface area contributed by atoms with Crippen molar-refractivity contribution in [2.24, 2.45) is 5.73 Å². The van der Waals surface area contributed by atoms with Crippen LogP contribution in [0.4, 0.5) is 0 Å². The average molecular weight is 237 g/mol. The summed E-state index contributed by atoms with van der Waals surface area (Å²) in [5.41, 5.74) is 6.81. The van der Waals surface area contributed by atoms with Crippen LogP contribution >= 0.6 is 0 Å². The molecule has 0 saturated carbocycles. The Morgan fingerprint density at radius 3 is 2.82 bits per heavy atom. The largest absolute Gasteiger partial charge is 0.472 e. The summed E-state index contributed by atoms with van der Waals surface area (Å²) in [6, 6.07) is 3.55. The Hall–Kier alpha value is -1.62. The number of ether oxygens (including phenoxy) is 2. The molecule has 0 fully saturated rings. The van der Waals surface area contributed by atoms with Gasteiger partial charge in [0.2, 0.25) is 5.88 Å². The van der Waals surface area contributed by atoms with Crippen LogP contribution < -0.4 is 10.5 Å². The lowest BCUT2D eigenvalue weighted by atomic mass is 10.2. The molecule has 0 spiro atoms. The summed E-state index contributed by atoms with van der Waals surface area (Å²) < 4.78 is 10.9. The summed E-state index contributed by atoms with van der Waals surface area (Å²) in [5, 5.41) is 7.46. The number of rotatable bonds is 6. The van der Waals surface area contributed by atoms with Gasteiger partial charge in [0.25, 0.3) is 0 Å². The van der Waals surface area contributed by atoms with Crippen LogP contribution in [0.25, 0.3) is 0 Å². The fourth-order valence-electron chi connectivity index (χ4n) is 1.34. The van der Waals surface area contributed by atoms with Gasteiger partial charge in [-0.05, 0) is 32.9 Å². The average Bonchev–Trinajstić information content (AvgIpc) is 2.26. The van der Waals surface area contributed by atoms with Crippen molar-refractivity contribution in [2.45, 2.75) is 26.9 Å². The molecule has 1 aromatic rings. The molecule has 0 aliphatic carbocycles. The van der Waals surface area contributed by atoms with Gasteiger partial charge in [0.15, 0.2) is 0 Å². The van der Waals surface area contributed by atoms with Crippen LogP contribution in [-0.2, 0) is 4.74 Å². The number of hydrogen-bond acceptors (Lipinski definition) is 4. The van der Waals surface area contributed by atoms with E-state index < -0.39 is 0 Å². The van der Waals surface area contributed by atoms with Crippen molar-refractivity contribution in [3.05, 3.63) is 23.4 Å². The van der Waals surface area contributed by atoms with E-state index in [1.165, 1.54) is 0 Å². The van der Waals surface area contributed by atoms with Gasteiger partial charge < -0.3 is 15.2 Å². The molecule has 5 heteroatoms. The molecule has 1 heterocycles. The molecule has 0 aliphatic rings. The number of aryl methyl sites for hydroxylation is 1. The summed E-state index contributed by atoms with van der Waals surface area (Å²) in [4.78, 5) is 4.24. The minimum atomic E-state index is -0.123. The Bertz CT molecular complexity index is 393. The highest BCUT2D eigenvalue weighted by atomic mass is 16.5. The van der Waals surface area contributed by atoms with E-state index in [4.69, 9.17) is 20.6 Å². The number of amidine groups is 1.